The first kappa shape index (κ1) is 18.6. The van der Waals surface area contributed by atoms with E-state index in [0.29, 0.717) is 0 Å². The normalized spacial score (nSPS) is 14.1. The average molecular weight is 395 g/mol. The van der Waals surface area contributed by atoms with Gasteiger partial charge in [-0.25, -0.2) is 19.9 Å². The van der Waals surface area contributed by atoms with Crippen molar-refractivity contribution in [2.75, 3.05) is 24.7 Å². The zero-order chi connectivity index (χ0) is 19.3. The molecule has 0 radical (unpaired) electrons. The monoisotopic (exact) mass is 394 g/mol. The van der Waals surface area contributed by atoms with Crippen LogP contribution in [-0.4, -0.2) is 44.3 Å². The summed E-state index contributed by atoms with van der Waals surface area (Å²) in [7, 11) is 0. The first-order valence-electron chi connectivity index (χ1n) is 9.23. The highest BCUT2D eigenvalue weighted by Crippen LogP contribution is 2.37. The van der Waals surface area contributed by atoms with Crippen LogP contribution in [0.25, 0.3) is 11.3 Å². The summed E-state index contributed by atoms with van der Waals surface area (Å²) in [6.07, 6.45) is 11.1. The number of nitrogens with one attached hydrogen (secondary N) is 1. The van der Waals surface area contributed by atoms with E-state index in [1.165, 1.54) is 5.56 Å². The minimum absolute atomic E-state index is 0.232. The van der Waals surface area contributed by atoms with Crippen molar-refractivity contribution in [3.05, 3.63) is 54.1 Å². The molecule has 0 saturated heterocycles. The van der Waals surface area contributed by atoms with Gasteiger partial charge in [-0.3, -0.25) is 4.98 Å². The summed E-state index contributed by atoms with van der Waals surface area (Å²) in [6.45, 7) is 3.34. The van der Waals surface area contributed by atoms with Gasteiger partial charge in [0.05, 0.1) is 23.2 Å². The van der Waals surface area contributed by atoms with Crippen LogP contribution in [0.3, 0.4) is 0 Å². The van der Waals surface area contributed by atoms with Crippen LogP contribution in [0.1, 0.15) is 28.8 Å². The molecule has 1 aliphatic rings. The first-order valence-corrected chi connectivity index (χ1v) is 10.5. The zero-order valence-corrected chi connectivity index (χ0v) is 16.7. The second-order valence-corrected chi connectivity index (χ2v) is 7.58. The molecule has 0 amide bonds. The number of thioether (sulfide) groups is 1. The smallest absolute Gasteiger partial charge is 0.145 e. The van der Waals surface area contributed by atoms with E-state index in [2.05, 4.69) is 42.6 Å². The molecule has 1 N–H and O–H groups in total. The van der Waals surface area contributed by atoms with E-state index in [-0.39, 0.29) is 5.25 Å². The van der Waals surface area contributed by atoms with E-state index < -0.39 is 0 Å². The fraction of sp³-hybridized carbons (Fsp3) is 0.350. The molecular formula is C20H22N6OS. The molecule has 4 heterocycles. The lowest BCUT2D eigenvalue weighted by Gasteiger charge is -2.24. The summed E-state index contributed by atoms with van der Waals surface area (Å²) in [4.78, 5) is 21.6. The third kappa shape index (κ3) is 4.06. The molecule has 0 aromatic carbocycles. The minimum atomic E-state index is 0.232. The molecule has 4 rings (SSSR count). The maximum absolute atomic E-state index is 5.93. The lowest BCUT2D eigenvalue weighted by atomic mass is 10.1. The molecule has 7 nitrogen and oxygen atoms in total. The topological polar surface area (TPSA) is 85.7 Å². The molecule has 1 atom stereocenters. The summed E-state index contributed by atoms with van der Waals surface area (Å²) in [6, 6.07) is 3.98. The molecule has 8 heteroatoms. The fourth-order valence-electron chi connectivity index (χ4n) is 3.17. The molecule has 1 unspecified atom stereocenters. The molecule has 3 aromatic rings. The SMILES string of the molecule is CSC(CNc1cc(-c2cnc(C)nc2)ncn1)c1ccnc2c1OCCC2. The number of nitrogens with zero attached hydrogens (tertiary/aromatic N) is 5. The number of ether oxygens (including phenoxy) is 1. The van der Waals surface area contributed by atoms with E-state index in [1.807, 2.05) is 19.2 Å². The lowest BCUT2D eigenvalue weighted by molar-refractivity contribution is 0.281. The summed E-state index contributed by atoms with van der Waals surface area (Å²) < 4.78 is 5.93. The molecule has 0 spiro atoms. The van der Waals surface area contributed by atoms with Gasteiger partial charge in [0, 0.05) is 42.3 Å². The highest BCUT2D eigenvalue weighted by atomic mass is 32.2. The first-order chi connectivity index (χ1) is 13.7. The minimum Gasteiger partial charge on any atom is -0.491 e. The maximum atomic E-state index is 5.93. The molecule has 144 valence electrons. The average Bonchev–Trinajstić information content (AvgIpc) is 2.75. The van der Waals surface area contributed by atoms with Crippen molar-refractivity contribution in [1.82, 2.24) is 24.9 Å². The Hall–Kier alpha value is -2.74. The van der Waals surface area contributed by atoms with Crippen LogP contribution in [0.15, 0.2) is 37.1 Å². The number of hydrogen-bond acceptors (Lipinski definition) is 8. The molecule has 0 aliphatic carbocycles. The highest BCUT2D eigenvalue weighted by molar-refractivity contribution is 7.98. The largest absolute Gasteiger partial charge is 0.491 e. The molecule has 0 saturated carbocycles. The van der Waals surface area contributed by atoms with Crippen LogP contribution in [0, 0.1) is 6.92 Å². The Morgan fingerprint density at radius 2 is 2.04 bits per heavy atom. The number of aromatic nitrogens is 5. The van der Waals surface area contributed by atoms with E-state index in [4.69, 9.17) is 4.74 Å². The second-order valence-electron chi connectivity index (χ2n) is 6.54. The number of anilines is 1. The lowest BCUT2D eigenvalue weighted by Crippen LogP contribution is -2.16. The van der Waals surface area contributed by atoms with E-state index in [1.54, 1.807) is 30.5 Å². The number of hydrogen-bond donors (Lipinski definition) is 1. The third-order valence-corrected chi connectivity index (χ3v) is 5.65. The maximum Gasteiger partial charge on any atom is 0.145 e. The quantitative estimate of drug-likeness (QED) is 0.680. The van der Waals surface area contributed by atoms with Gasteiger partial charge < -0.3 is 10.1 Å². The van der Waals surface area contributed by atoms with Gasteiger partial charge in [0.1, 0.15) is 23.7 Å². The van der Waals surface area contributed by atoms with E-state index in [0.717, 1.165) is 60.3 Å². The number of fused-ring (bicyclic) bond motifs is 1. The number of pyridine rings is 1. The van der Waals surface area contributed by atoms with Gasteiger partial charge in [0.25, 0.3) is 0 Å². The van der Waals surface area contributed by atoms with Crippen LogP contribution in [-0.2, 0) is 6.42 Å². The summed E-state index contributed by atoms with van der Waals surface area (Å²) in [5.74, 6) is 2.46. The van der Waals surface area contributed by atoms with Crippen LogP contribution in [0.2, 0.25) is 0 Å². The second kappa shape index (κ2) is 8.52. The van der Waals surface area contributed by atoms with Gasteiger partial charge in [-0.1, -0.05) is 0 Å². The number of rotatable bonds is 6. The van der Waals surface area contributed by atoms with Crippen LogP contribution < -0.4 is 10.1 Å². The molecular weight excluding hydrogens is 372 g/mol. The van der Waals surface area contributed by atoms with Crippen molar-refractivity contribution >= 4 is 17.6 Å². The Bertz CT molecular complexity index is 950. The molecule has 1 aliphatic heterocycles. The van der Waals surface area contributed by atoms with Crippen molar-refractivity contribution in [3.8, 4) is 17.0 Å². The standard InChI is InChI=1S/C20H22N6OS/c1-13-22-9-14(10-23-13)17-8-19(26-12-25-17)24-11-18(28-2)15-5-6-21-16-4-3-7-27-20(15)16/h5-6,8-10,12,18H,3-4,7,11H2,1-2H3,(H,24,25,26). The van der Waals surface area contributed by atoms with Gasteiger partial charge in [-0.05, 0) is 32.1 Å². The molecule has 0 fully saturated rings. The van der Waals surface area contributed by atoms with Crippen molar-refractivity contribution in [2.45, 2.75) is 25.0 Å². The van der Waals surface area contributed by atoms with Gasteiger partial charge in [0.15, 0.2) is 0 Å². The Kier molecular flexibility index (Phi) is 5.66. The van der Waals surface area contributed by atoms with Crippen molar-refractivity contribution in [1.29, 1.82) is 0 Å². The van der Waals surface area contributed by atoms with Crippen molar-refractivity contribution < 1.29 is 4.74 Å². The Morgan fingerprint density at radius 1 is 1.18 bits per heavy atom. The predicted octanol–water partition coefficient (Wildman–Crippen LogP) is 3.48. The molecule has 3 aromatic heterocycles. The number of aryl methyl sites for hydroxylation is 2. The molecule has 0 bridgehead atoms. The van der Waals surface area contributed by atoms with Crippen LogP contribution in [0.5, 0.6) is 5.75 Å². The zero-order valence-electron chi connectivity index (χ0n) is 15.9. The molecule has 28 heavy (non-hydrogen) atoms. The van der Waals surface area contributed by atoms with Gasteiger partial charge in [0.2, 0.25) is 0 Å². The Labute approximate surface area is 168 Å². The van der Waals surface area contributed by atoms with Crippen LogP contribution >= 0.6 is 11.8 Å². The van der Waals surface area contributed by atoms with Gasteiger partial charge >= 0.3 is 0 Å². The third-order valence-electron chi connectivity index (χ3n) is 4.66. The van der Waals surface area contributed by atoms with Gasteiger partial charge in [-0.2, -0.15) is 11.8 Å². The van der Waals surface area contributed by atoms with Crippen molar-refractivity contribution in [2.24, 2.45) is 0 Å². The van der Waals surface area contributed by atoms with Crippen LogP contribution in [0.4, 0.5) is 5.82 Å². The van der Waals surface area contributed by atoms with E-state index >= 15 is 0 Å². The summed E-state index contributed by atoms with van der Waals surface area (Å²) >= 11 is 1.78. The van der Waals surface area contributed by atoms with E-state index in [9.17, 15) is 0 Å². The summed E-state index contributed by atoms with van der Waals surface area (Å²) in [5, 5.41) is 3.67. The highest BCUT2D eigenvalue weighted by Gasteiger charge is 2.21. The fourth-order valence-corrected chi connectivity index (χ4v) is 3.86. The van der Waals surface area contributed by atoms with Gasteiger partial charge in [-0.15, -0.1) is 0 Å². The predicted molar refractivity (Wildman–Crippen MR) is 111 cm³/mol. The summed E-state index contributed by atoms with van der Waals surface area (Å²) in [5.41, 5.74) is 3.91. The Balaban J connectivity index is 1.51. The van der Waals surface area contributed by atoms with Crippen molar-refractivity contribution in [3.63, 3.8) is 0 Å². The Morgan fingerprint density at radius 3 is 2.86 bits per heavy atom.